The number of aliphatic carboxylic acids is 1. The minimum atomic E-state index is -1.50. The Balaban J connectivity index is 4.31. The number of carboxylic acids is 1. The van der Waals surface area contributed by atoms with Crippen LogP contribution in [0.25, 0.3) is 0 Å². The van der Waals surface area contributed by atoms with Gasteiger partial charge >= 0.3 is 17.9 Å². The molecule has 0 fully saturated rings. The molecule has 2 atom stereocenters. The molecule has 9 heteroatoms. The van der Waals surface area contributed by atoms with Crippen molar-refractivity contribution in [3.05, 3.63) is 12.2 Å². The zero-order valence-electron chi connectivity index (χ0n) is 38.0. The molecule has 0 aliphatic heterocycles. The Morgan fingerprint density at radius 1 is 0.509 bits per heavy atom. The zero-order valence-corrected chi connectivity index (χ0v) is 38.0. The maximum Gasteiger partial charge on any atom is 0.361 e. The highest BCUT2D eigenvalue weighted by atomic mass is 16.7. The summed E-state index contributed by atoms with van der Waals surface area (Å²) in [7, 11) is 5.96. The molecule has 0 amide bonds. The number of unbranched alkanes of at least 4 members (excludes halogenated alkanes) is 27. The lowest BCUT2D eigenvalue weighted by Crippen LogP contribution is -2.40. The molecule has 2 unspecified atom stereocenters. The fourth-order valence-electron chi connectivity index (χ4n) is 6.77. The second-order valence-corrected chi connectivity index (χ2v) is 17.4. The van der Waals surface area contributed by atoms with E-state index in [0.717, 1.165) is 38.5 Å². The first-order valence-electron chi connectivity index (χ1n) is 23.9. The van der Waals surface area contributed by atoms with E-state index in [2.05, 4.69) is 26.0 Å². The summed E-state index contributed by atoms with van der Waals surface area (Å²) in [6, 6.07) is 0. The second kappa shape index (κ2) is 40.8. The topological polar surface area (TPSA) is 108 Å². The van der Waals surface area contributed by atoms with Gasteiger partial charge in [-0.2, -0.15) is 0 Å². The monoisotopic (exact) mass is 811 g/mol. The van der Waals surface area contributed by atoms with E-state index in [-0.39, 0.29) is 32.2 Å². The zero-order chi connectivity index (χ0) is 42.1. The summed E-state index contributed by atoms with van der Waals surface area (Å²) in [4.78, 5) is 37.1. The number of hydrogen-bond donors (Lipinski definition) is 1. The summed E-state index contributed by atoms with van der Waals surface area (Å²) in [6.07, 6.45) is 39.9. The molecule has 0 saturated heterocycles. The van der Waals surface area contributed by atoms with Crippen LogP contribution in [0.4, 0.5) is 0 Å². The number of esters is 2. The SMILES string of the molecule is CCCCCCCCCC/C=C\CCCCCCCCCCCC(=O)OC(COC(=O)CCCCCCCCCCCCC)COC(OCC[N+](C)(C)C)C(=O)O. The predicted molar refractivity (Wildman–Crippen MR) is 235 cm³/mol. The van der Waals surface area contributed by atoms with Crippen LogP contribution in [0, 0.1) is 0 Å². The molecule has 0 aromatic heterocycles. The van der Waals surface area contributed by atoms with Gasteiger partial charge in [-0.3, -0.25) is 9.59 Å². The Bertz CT molecular complexity index is 949. The Hall–Kier alpha value is -1.97. The third-order valence-corrected chi connectivity index (χ3v) is 10.5. The number of carbonyl (C=O) groups excluding carboxylic acids is 2. The number of quaternary nitrogens is 1. The molecule has 0 aliphatic carbocycles. The van der Waals surface area contributed by atoms with Crippen LogP contribution in [-0.4, -0.2) is 87.4 Å². The minimum absolute atomic E-state index is 0.177. The number of allylic oxidation sites excluding steroid dienone is 2. The molecule has 0 aromatic rings. The molecular formula is C48H92NO8+. The largest absolute Gasteiger partial charge is 0.477 e. The summed E-state index contributed by atoms with van der Waals surface area (Å²) >= 11 is 0. The van der Waals surface area contributed by atoms with Gasteiger partial charge in [0.05, 0.1) is 34.4 Å². The van der Waals surface area contributed by atoms with Gasteiger partial charge in [-0.15, -0.1) is 0 Å². The van der Waals surface area contributed by atoms with E-state index in [9.17, 15) is 19.5 Å². The van der Waals surface area contributed by atoms with Gasteiger partial charge in [0.15, 0.2) is 6.10 Å². The molecule has 1 N–H and O–H groups in total. The van der Waals surface area contributed by atoms with Crippen molar-refractivity contribution >= 4 is 17.9 Å². The van der Waals surface area contributed by atoms with Gasteiger partial charge in [0.25, 0.3) is 6.29 Å². The summed E-state index contributed by atoms with van der Waals surface area (Å²) in [5.74, 6) is -2.00. The molecule has 57 heavy (non-hydrogen) atoms. The van der Waals surface area contributed by atoms with Crippen molar-refractivity contribution < 1.29 is 42.9 Å². The summed E-state index contributed by atoms with van der Waals surface area (Å²) in [5, 5.41) is 9.63. The number of ether oxygens (including phenoxy) is 4. The molecule has 0 saturated carbocycles. The van der Waals surface area contributed by atoms with E-state index in [1.807, 2.05) is 21.1 Å². The van der Waals surface area contributed by atoms with Crippen LogP contribution >= 0.6 is 0 Å². The fraction of sp³-hybridized carbons (Fsp3) is 0.896. The quantitative estimate of drug-likeness (QED) is 0.0213. The number of nitrogens with zero attached hydrogens (tertiary/aromatic N) is 1. The van der Waals surface area contributed by atoms with Gasteiger partial charge in [-0.05, 0) is 38.5 Å². The lowest BCUT2D eigenvalue weighted by atomic mass is 10.1. The molecule has 0 aromatic carbocycles. The second-order valence-electron chi connectivity index (χ2n) is 17.4. The van der Waals surface area contributed by atoms with E-state index in [0.29, 0.717) is 17.4 Å². The first-order valence-corrected chi connectivity index (χ1v) is 23.9. The van der Waals surface area contributed by atoms with Crippen LogP contribution in [0.1, 0.15) is 219 Å². The number of likely N-dealkylation sites (N-methyl/N-ethyl adjacent to an activating group) is 1. The maximum atomic E-state index is 12.8. The average molecular weight is 811 g/mol. The molecule has 0 bridgehead atoms. The number of hydrogen-bond acceptors (Lipinski definition) is 7. The van der Waals surface area contributed by atoms with Gasteiger partial charge in [0, 0.05) is 12.8 Å². The smallest absolute Gasteiger partial charge is 0.361 e. The Labute approximate surface area is 351 Å². The van der Waals surface area contributed by atoms with Crippen molar-refractivity contribution in [2.75, 3.05) is 47.5 Å². The van der Waals surface area contributed by atoms with Gasteiger partial charge in [-0.25, -0.2) is 4.79 Å². The highest BCUT2D eigenvalue weighted by Gasteiger charge is 2.25. The predicted octanol–water partition coefficient (Wildman–Crippen LogP) is 12.7. The standard InChI is InChI=1S/C48H91NO8/c1-6-8-10-12-14-16-18-19-20-21-22-23-24-25-26-27-29-31-33-35-37-39-46(51)57-44(43-56-48(47(52)53)54-41-40-49(3,4)5)42-55-45(50)38-36-34-32-30-28-17-15-13-11-9-7-2/h21-22,44,48H,6-20,23-43H2,1-5H3/p+1/b22-21-. The van der Waals surface area contributed by atoms with Crippen LogP contribution < -0.4 is 0 Å². The number of carboxylic acid groups (broad SMARTS) is 1. The average Bonchev–Trinajstić information content (AvgIpc) is 3.17. The number of carbonyl (C=O) groups is 3. The highest BCUT2D eigenvalue weighted by Crippen LogP contribution is 2.15. The van der Waals surface area contributed by atoms with E-state index >= 15 is 0 Å². The molecular weight excluding hydrogens is 719 g/mol. The third-order valence-electron chi connectivity index (χ3n) is 10.5. The van der Waals surface area contributed by atoms with Gasteiger partial charge in [-0.1, -0.05) is 180 Å². The normalized spacial score (nSPS) is 12.9. The van der Waals surface area contributed by atoms with Crippen LogP contribution in [0.2, 0.25) is 0 Å². The molecule has 0 radical (unpaired) electrons. The molecule has 0 heterocycles. The number of rotatable bonds is 44. The minimum Gasteiger partial charge on any atom is -0.477 e. The molecule has 0 rings (SSSR count). The molecule has 0 aliphatic rings. The fourth-order valence-corrected chi connectivity index (χ4v) is 6.77. The highest BCUT2D eigenvalue weighted by molar-refractivity contribution is 5.71. The van der Waals surface area contributed by atoms with E-state index < -0.39 is 24.3 Å². The van der Waals surface area contributed by atoms with Crippen molar-refractivity contribution in [2.45, 2.75) is 232 Å². The molecule has 9 nitrogen and oxygen atoms in total. The Morgan fingerprint density at radius 2 is 0.895 bits per heavy atom. The van der Waals surface area contributed by atoms with Crippen LogP contribution in [0.15, 0.2) is 12.2 Å². The van der Waals surface area contributed by atoms with Crippen molar-refractivity contribution in [3.8, 4) is 0 Å². The van der Waals surface area contributed by atoms with Crippen LogP contribution in [0.5, 0.6) is 0 Å². The first kappa shape index (κ1) is 55.0. The summed E-state index contributed by atoms with van der Waals surface area (Å²) < 4.78 is 22.7. The van der Waals surface area contributed by atoms with Gasteiger partial charge in [0.1, 0.15) is 13.2 Å². The van der Waals surface area contributed by atoms with Crippen LogP contribution in [-0.2, 0) is 33.3 Å². The lowest BCUT2D eigenvalue weighted by Gasteiger charge is -2.25. The van der Waals surface area contributed by atoms with Gasteiger partial charge in [0.2, 0.25) is 0 Å². The van der Waals surface area contributed by atoms with E-state index in [1.54, 1.807) is 0 Å². The van der Waals surface area contributed by atoms with Crippen molar-refractivity contribution in [2.24, 2.45) is 0 Å². The molecule has 0 spiro atoms. The summed E-state index contributed by atoms with van der Waals surface area (Å²) in [6.45, 7) is 4.88. The Kier molecular flexibility index (Phi) is 39.4. The van der Waals surface area contributed by atoms with Gasteiger partial charge < -0.3 is 28.5 Å². The lowest BCUT2D eigenvalue weighted by molar-refractivity contribution is -0.870. The Morgan fingerprint density at radius 3 is 1.30 bits per heavy atom. The van der Waals surface area contributed by atoms with E-state index in [1.165, 1.54) is 154 Å². The molecule has 336 valence electrons. The third kappa shape index (κ3) is 42.0. The van der Waals surface area contributed by atoms with Crippen molar-refractivity contribution in [3.63, 3.8) is 0 Å². The van der Waals surface area contributed by atoms with Crippen LogP contribution in [0.3, 0.4) is 0 Å². The van der Waals surface area contributed by atoms with Crippen molar-refractivity contribution in [1.82, 2.24) is 0 Å². The summed E-state index contributed by atoms with van der Waals surface area (Å²) in [5.41, 5.74) is 0. The maximum absolute atomic E-state index is 12.8. The first-order chi connectivity index (χ1) is 27.6. The van der Waals surface area contributed by atoms with E-state index in [4.69, 9.17) is 18.9 Å². The van der Waals surface area contributed by atoms with Crippen molar-refractivity contribution in [1.29, 1.82) is 0 Å².